The number of phenols is 4. The van der Waals surface area contributed by atoms with Gasteiger partial charge in [0.2, 0.25) is 11.8 Å². The molecule has 254 valence electrons. The molecule has 0 aromatic heterocycles. The fourth-order valence-corrected chi connectivity index (χ4v) is 3.87. The Morgan fingerprint density at radius 2 is 0.920 bits per heavy atom. The molecule has 0 heterocycles. The molecule has 0 aliphatic carbocycles. The van der Waals surface area contributed by atoms with Crippen LogP contribution >= 0.6 is 0 Å². The second-order valence-electron chi connectivity index (χ2n) is 9.98. The summed E-state index contributed by atoms with van der Waals surface area (Å²) in [5.41, 5.74) is 1.08. The number of carbonyl (C=O) groups excluding carboxylic acids is 2. The van der Waals surface area contributed by atoms with Crippen molar-refractivity contribution < 1.29 is 86.8 Å². The third-order valence-electron chi connectivity index (χ3n) is 5.96. The van der Waals surface area contributed by atoms with Gasteiger partial charge in [0, 0.05) is 55.5 Å². The molecule has 0 atom stereocenters. The van der Waals surface area contributed by atoms with E-state index in [0.717, 1.165) is 36.4 Å². The summed E-state index contributed by atoms with van der Waals surface area (Å²) in [4.78, 5) is 42.5. The molecule has 4 rings (SSSR count). The molecule has 6 N–H and O–H groups in total. The molecule has 4 aromatic rings. The van der Waals surface area contributed by atoms with E-state index in [1.165, 1.54) is 26.0 Å². The minimum atomic E-state index is -0.627. The van der Waals surface area contributed by atoms with Crippen LogP contribution in [0.5, 0.6) is 23.0 Å². The largest absolute Gasteiger partial charge is 1.00 e. The van der Waals surface area contributed by atoms with Crippen LogP contribution in [0, 0.1) is 34.1 Å². The van der Waals surface area contributed by atoms with Crippen molar-refractivity contribution >= 4 is 57.3 Å². The second-order valence-corrected chi connectivity index (χ2v) is 9.98. The van der Waals surface area contributed by atoms with Crippen LogP contribution in [0.15, 0.2) is 81.1 Å². The Morgan fingerprint density at radius 1 is 0.600 bits per heavy atom. The number of aryl methyl sites for hydroxylation is 2. The summed E-state index contributed by atoms with van der Waals surface area (Å²) in [6.07, 6.45) is 0. The molecule has 0 fully saturated rings. The van der Waals surface area contributed by atoms with E-state index in [2.05, 4.69) is 31.1 Å². The number of rotatable bonds is 8. The van der Waals surface area contributed by atoms with Crippen molar-refractivity contribution in [1.29, 1.82) is 0 Å². The maximum absolute atomic E-state index is 11.1. The average molecular weight is 736 g/mol. The van der Waals surface area contributed by atoms with Gasteiger partial charge in [-0.25, -0.2) is 0 Å². The quantitative estimate of drug-likeness (QED) is 0.0488. The van der Waals surface area contributed by atoms with Crippen LogP contribution in [0.1, 0.15) is 25.0 Å². The van der Waals surface area contributed by atoms with Crippen molar-refractivity contribution in [3.05, 3.63) is 92.0 Å². The molecule has 50 heavy (non-hydrogen) atoms. The van der Waals surface area contributed by atoms with Gasteiger partial charge >= 0.3 is 29.6 Å². The minimum absolute atomic E-state index is 0. The number of nitrogens with one attached hydrogen (secondary N) is 2. The van der Waals surface area contributed by atoms with Gasteiger partial charge in [-0.2, -0.15) is 0 Å². The second kappa shape index (κ2) is 18.9. The van der Waals surface area contributed by atoms with E-state index in [9.17, 15) is 50.2 Å². The van der Waals surface area contributed by atoms with E-state index in [1.807, 2.05) is 0 Å². The third-order valence-corrected chi connectivity index (χ3v) is 5.96. The van der Waals surface area contributed by atoms with Gasteiger partial charge in [0.15, 0.2) is 11.5 Å². The number of hydrogen-bond donors (Lipinski definition) is 6. The summed E-state index contributed by atoms with van der Waals surface area (Å²) in [5.74, 6) is -1.92. The molecule has 0 aliphatic rings. The molecule has 2 amide bonds. The van der Waals surface area contributed by atoms with E-state index < -0.39 is 9.85 Å². The molecule has 4 aromatic carbocycles. The fraction of sp³-hybridized carbons (Fsp3) is 0.133. The number of amides is 2. The normalized spacial score (nSPS) is 10.3. The molecule has 0 aliphatic heterocycles. The number of nitro benzene ring substituents is 2. The molecule has 0 radical (unpaired) electrons. The van der Waals surface area contributed by atoms with E-state index in [0.29, 0.717) is 11.1 Å². The number of nitrogens with zero attached hydrogens (tertiary/aromatic N) is 6. The summed E-state index contributed by atoms with van der Waals surface area (Å²) < 4.78 is 0. The number of nitro groups is 2. The van der Waals surface area contributed by atoms with Crippen LogP contribution in [-0.4, -0.2) is 42.1 Å². The third kappa shape index (κ3) is 11.9. The Hall–Kier alpha value is -5.45. The SMILES string of the molecule is CC(=O)Nc1cc(C)cc(N=Nc2cc([N+](=O)[O-])ccc2O)c1O.CC(=O)Nc1cc(C)cc(N=Nc2cc([N+](=O)[O-])ccc2O)c1O.[Cr].[Na+]. The Kier molecular flexibility index (Phi) is 16.1. The van der Waals surface area contributed by atoms with Crippen molar-refractivity contribution in [2.24, 2.45) is 20.5 Å². The van der Waals surface area contributed by atoms with E-state index in [1.54, 1.807) is 26.0 Å². The van der Waals surface area contributed by atoms with E-state index >= 15 is 0 Å². The maximum atomic E-state index is 11.1. The molecule has 0 saturated carbocycles. The van der Waals surface area contributed by atoms with Crippen molar-refractivity contribution in [3.8, 4) is 23.0 Å². The van der Waals surface area contributed by atoms with Crippen LogP contribution in [0.25, 0.3) is 0 Å². The van der Waals surface area contributed by atoms with Gasteiger partial charge in [0.05, 0.1) is 21.2 Å². The summed E-state index contributed by atoms with van der Waals surface area (Å²) in [6.45, 7) is 6.05. The molecular weight excluding hydrogens is 707 g/mol. The Bertz CT molecular complexity index is 1850. The molecule has 18 nitrogen and oxygen atoms in total. The molecule has 0 spiro atoms. The van der Waals surface area contributed by atoms with Crippen molar-refractivity contribution in [2.75, 3.05) is 10.6 Å². The van der Waals surface area contributed by atoms with Crippen molar-refractivity contribution in [3.63, 3.8) is 0 Å². The van der Waals surface area contributed by atoms with Crippen LogP contribution < -0.4 is 40.2 Å². The maximum Gasteiger partial charge on any atom is 1.00 e. The molecule has 0 bridgehead atoms. The fourth-order valence-electron chi connectivity index (χ4n) is 3.87. The van der Waals surface area contributed by atoms with Crippen LogP contribution in [0.4, 0.5) is 45.5 Å². The molecule has 20 heteroatoms. The van der Waals surface area contributed by atoms with Crippen molar-refractivity contribution in [2.45, 2.75) is 27.7 Å². The first-order chi connectivity index (χ1) is 22.5. The van der Waals surface area contributed by atoms with Crippen LogP contribution in [0.3, 0.4) is 0 Å². The minimum Gasteiger partial charge on any atom is -0.506 e. The predicted octanol–water partition coefficient (Wildman–Crippen LogP) is 4.38. The summed E-state index contributed by atoms with van der Waals surface area (Å²) in [5, 5.41) is 81.1. The molecule has 0 saturated heterocycles. The Labute approximate surface area is 316 Å². The van der Waals surface area contributed by atoms with E-state index in [4.69, 9.17) is 0 Å². The Morgan fingerprint density at radius 3 is 1.22 bits per heavy atom. The number of carbonyl (C=O) groups is 2. The number of aromatic hydroxyl groups is 4. The molecular formula is C30H28CrN8NaO10+. The predicted molar refractivity (Wildman–Crippen MR) is 172 cm³/mol. The number of azo groups is 2. The summed E-state index contributed by atoms with van der Waals surface area (Å²) in [6, 6.07) is 12.8. The number of non-ortho nitro benzene ring substituents is 2. The van der Waals surface area contributed by atoms with E-state index in [-0.39, 0.29) is 127 Å². The standard InChI is InChI=1S/2C15H14N4O5.Cr.Na/c2*1-8-5-12(16-9(2)20)15(22)13(6-8)18-17-11-7-10(19(23)24)3-4-14(11)21;;/h2*3-7,21-22H,1-2H3,(H,16,20);;/q;;;+1. The summed E-state index contributed by atoms with van der Waals surface area (Å²) in [7, 11) is 0. The zero-order valence-electron chi connectivity index (χ0n) is 27.1. The topological polar surface area (TPSA) is 275 Å². The Balaban J connectivity index is 0.000000481. The van der Waals surface area contributed by atoms with Gasteiger partial charge in [-0.3, -0.25) is 29.8 Å². The van der Waals surface area contributed by atoms with Gasteiger partial charge in [-0.15, -0.1) is 20.5 Å². The zero-order chi connectivity index (χ0) is 35.7. The monoisotopic (exact) mass is 735 g/mol. The first-order valence-electron chi connectivity index (χ1n) is 13.6. The summed E-state index contributed by atoms with van der Waals surface area (Å²) >= 11 is 0. The van der Waals surface area contributed by atoms with Crippen LogP contribution in [-0.2, 0) is 27.0 Å². The first-order valence-corrected chi connectivity index (χ1v) is 13.6. The van der Waals surface area contributed by atoms with Gasteiger partial charge in [-0.1, -0.05) is 0 Å². The number of phenolic OH excluding ortho intramolecular Hbond substituents is 4. The molecule has 0 unspecified atom stereocenters. The number of benzene rings is 4. The van der Waals surface area contributed by atoms with Crippen molar-refractivity contribution in [1.82, 2.24) is 0 Å². The van der Waals surface area contributed by atoms with Gasteiger partial charge in [0.1, 0.15) is 34.2 Å². The van der Waals surface area contributed by atoms with Crippen LogP contribution in [0.2, 0.25) is 0 Å². The number of hydrogen-bond acceptors (Lipinski definition) is 14. The first kappa shape index (κ1) is 42.6. The number of anilines is 2. The average Bonchev–Trinajstić information content (AvgIpc) is 2.99. The zero-order valence-corrected chi connectivity index (χ0v) is 30.4. The smallest absolute Gasteiger partial charge is 0.506 e. The van der Waals surface area contributed by atoms with Gasteiger partial charge < -0.3 is 31.1 Å². The van der Waals surface area contributed by atoms with Gasteiger partial charge in [0.25, 0.3) is 11.4 Å². The van der Waals surface area contributed by atoms with Gasteiger partial charge in [-0.05, 0) is 61.4 Å².